The van der Waals surface area contributed by atoms with Crippen molar-refractivity contribution in [3.63, 3.8) is 0 Å². The molecule has 0 N–H and O–H groups in total. The second-order valence-electron chi connectivity index (χ2n) is 5.53. The lowest BCUT2D eigenvalue weighted by atomic mass is 9.98. The minimum Gasteiger partial charge on any atom is -0.405 e. The first-order valence-corrected chi connectivity index (χ1v) is 8.78. The first-order valence-electron chi connectivity index (χ1n) is 5.38. The van der Waals surface area contributed by atoms with Gasteiger partial charge in [-0.25, -0.2) is 8.78 Å². The molecule has 0 aromatic rings. The topological polar surface area (TPSA) is 9.23 Å². The Morgan fingerprint density at radius 1 is 1.21 bits per heavy atom. The fourth-order valence-corrected chi connectivity index (χ4v) is 4.21. The van der Waals surface area contributed by atoms with E-state index in [1.165, 1.54) is 0 Å². The maximum Gasteiger partial charge on any atom is 0.281 e. The maximum absolute atomic E-state index is 13.6. The van der Waals surface area contributed by atoms with Crippen molar-refractivity contribution in [3.8, 4) is 0 Å². The minimum atomic E-state index is -2.54. The molecule has 0 radical (unpaired) electrons. The van der Waals surface area contributed by atoms with Gasteiger partial charge in [0, 0.05) is 0 Å². The Balaban J connectivity index is 2.15. The minimum absolute atomic E-state index is 0.476. The Hall–Kier alpha value is 0.0369. The summed E-state index contributed by atoms with van der Waals surface area (Å²) in [6, 6.07) is 0. The van der Waals surface area contributed by atoms with E-state index in [1.807, 2.05) is 19.6 Å². The van der Waals surface area contributed by atoms with Crippen molar-refractivity contribution in [1.29, 1.82) is 0 Å². The highest BCUT2D eigenvalue weighted by Gasteiger charge is 2.82. The molecule has 0 saturated heterocycles. The quantitative estimate of drug-likeness (QED) is 0.648. The molecule has 0 bridgehead atoms. The average Bonchev–Trinajstić information content (AvgIpc) is 2.46. The van der Waals surface area contributed by atoms with Crippen molar-refractivity contribution in [2.75, 3.05) is 0 Å². The van der Waals surface area contributed by atoms with E-state index in [9.17, 15) is 8.78 Å². The van der Waals surface area contributed by atoms with E-state index in [1.54, 1.807) is 0 Å². The Morgan fingerprint density at radius 2 is 1.86 bits per heavy atom. The number of hydrogen-bond donors (Lipinski definition) is 0. The van der Waals surface area contributed by atoms with Crippen LogP contribution >= 0.6 is 0 Å². The summed E-state index contributed by atoms with van der Waals surface area (Å²) in [7, 11) is -1.84. The SMILES string of the molecule is C[Si](C)(C)O[C@]12CCCC[C@@H]1C2(F)F. The van der Waals surface area contributed by atoms with E-state index in [-0.39, 0.29) is 0 Å². The van der Waals surface area contributed by atoms with Crippen LogP contribution in [0.1, 0.15) is 25.7 Å². The van der Waals surface area contributed by atoms with Crippen molar-refractivity contribution in [2.45, 2.75) is 56.8 Å². The van der Waals surface area contributed by atoms with Gasteiger partial charge in [0.15, 0.2) is 8.32 Å². The number of fused-ring (bicyclic) bond motifs is 1. The average molecular weight is 220 g/mol. The molecule has 0 heterocycles. The predicted octanol–water partition coefficient (Wildman–Crippen LogP) is 3.42. The van der Waals surface area contributed by atoms with Gasteiger partial charge < -0.3 is 4.43 Å². The highest BCUT2D eigenvalue weighted by molar-refractivity contribution is 6.69. The van der Waals surface area contributed by atoms with E-state index >= 15 is 0 Å². The Morgan fingerprint density at radius 3 is 2.36 bits per heavy atom. The van der Waals surface area contributed by atoms with Gasteiger partial charge in [0.1, 0.15) is 5.60 Å². The van der Waals surface area contributed by atoms with Crippen LogP contribution in [0.25, 0.3) is 0 Å². The van der Waals surface area contributed by atoms with Crippen molar-refractivity contribution in [2.24, 2.45) is 5.92 Å². The zero-order valence-corrected chi connectivity index (χ0v) is 10.1. The summed E-state index contributed by atoms with van der Waals surface area (Å²) in [5.41, 5.74) is -1.05. The Bertz CT molecular complexity index is 249. The molecule has 0 aromatic heterocycles. The largest absolute Gasteiger partial charge is 0.405 e. The van der Waals surface area contributed by atoms with Crippen LogP contribution in [0.4, 0.5) is 8.78 Å². The summed E-state index contributed by atoms with van der Waals surface area (Å²) in [5.74, 6) is -3.01. The predicted molar refractivity (Wildman–Crippen MR) is 54.1 cm³/mol. The molecule has 2 aliphatic carbocycles. The molecule has 0 aliphatic heterocycles. The molecule has 2 fully saturated rings. The molecule has 1 nitrogen and oxygen atoms in total. The van der Waals surface area contributed by atoms with Gasteiger partial charge in [-0.15, -0.1) is 0 Å². The van der Waals surface area contributed by atoms with Crippen molar-refractivity contribution < 1.29 is 13.2 Å². The number of alkyl halides is 2. The lowest BCUT2D eigenvalue weighted by molar-refractivity contribution is 0.00121. The normalized spacial score (nSPS) is 40.5. The van der Waals surface area contributed by atoms with Crippen LogP contribution in [0.2, 0.25) is 19.6 Å². The van der Waals surface area contributed by atoms with Crippen LogP contribution in [0.3, 0.4) is 0 Å². The summed E-state index contributed by atoms with van der Waals surface area (Å²) < 4.78 is 32.9. The standard InChI is InChI=1S/C10H18F2OSi/c1-14(2,3)13-9-7-5-4-6-8(9)10(9,11)12/h8H,4-7H2,1-3H3/t8-,9+/m0/s1. The van der Waals surface area contributed by atoms with Gasteiger partial charge in [-0.2, -0.15) is 0 Å². The van der Waals surface area contributed by atoms with Gasteiger partial charge >= 0.3 is 0 Å². The highest BCUT2D eigenvalue weighted by atomic mass is 28.4. The van der Waals surface area contributed by atoms with Gasteiger partial charge in [0.2, 0.25) is 0 Å². The summed E-state index contributed by atoms with van der Waals surface area (Å²) >= 11 is 0. The van der Waals surface area contributed by atoms with E-state index < -0.39 is 25.8 Å². The molecule has 2 saturated carbocycles. The molecule has 82 valence electrons. The molecule has 14 heavy (non-hydrogen) atoms. The van der Waals surface area contributed by atoms with Gasteiger partial charge in [0.25, 0.3) is 5.92 Å². The van der Waals surface area contributed by atoms with E-state index in [2.05, 4.69) is 0 Å². The molecule has 0 spiro atoms. The first-order chi connectivity index (χ1) is 6.30. The zero-order chi connectivity index (χ0) is 10.6. The van der Waals surface area contributed by atoms with Crippen molar-refractivity contribution in [3.05, 3.63) is 0 Å². The second-order valence-corrected chi connectivity index (χ2v) is 9.95. The molecule has 0 amide bonds. The lowest BCUT2D eigenvalue weighted by Gasteiger charge is -2.29. The van der Waals surface area contributed by atoms with Gasteiger partial charge in [-0.3, -0.25) is 0 Å². The smallest absolute Gasteiger partial charge is 0.281 e. The third kappa shape index (κ3) is 1.34. The van der Waals surface area contributed by atoms with Gasteiger partial charge in [-0.1, -0.05) is 12.8 Å². The summed E-state index contributed by atoms with van der Waals surface area (Å²) in [6.45, 7) is 5.96. The molecule has 0 aromatic carbocycles. The van der Waals surface area contributed by atoms with E-state index in [0.29, 0.717) is 12.8 Å². The van der Waals surface area contributed by atoms with E-state index in [4.69, 9.17) is 4.43 Å². The third-order valence-corrected chi connectivity index (χ3v) is 4.24. The maximum atomic E-state index is 13.6. The van der Waals surface area contributed by atoms with Gasteiger partial charge in [-0.05, 0) is 32.5 Å². The number of hydrogen-bond acceptors (Lipinski definition) is 1. The van der Waals surface area contributed by atoms with Crippen LogP contribution < -0.4 is 0 Å². The van der Waals surface area contributed by atoms with Crippen LogP contribution in [0.5, 0.6) is 0 Å². The fraction of sp³-hybridized carbons (Fsp3) is 1.00. The molecule has 4 heteroatoms. The molecule has 2 aliphatic rings. The third-order valence-electron chi connectivity index (χ3n) is 3.26. The summed E-state index contributed by atoms with van der Waals surface area (Å²) in [4.78, 5) is 0. The van der Waals surface area contributed by atoms with Gasteiger partial charge in [0.05, 0.1) is 5.92 Å². The first kappa shape index (κ1) is 10.6. The summed E-state index contributed by atoms with van der Waals surface area (Å²) in [6.07, 6.45) is 3.06. The molecular formula is C10H18F2OSi. The van der Waals surface area contributed by atoms with Crippen molar-refractivity contribution >= 4 is 8.32 Å². The molecule has 0 unspecified atom stereocenters. The van der Waals surface area contributed by atoms with Crippen LogP contribution in [-0.4, -0.2) is 19.8 Å². The Kier molecular flexibility index (Phi) is 2.10. The van der Waals surface area contributed by atoms with Crippen LogP contribution in [0, 0.1) is 5.92 Å². The van der Waals surface area contributed by atoms with Crippen LogP contribution in [0.15, 0.2) is 0 Å². The Labute approximate surface area is 85.0 Å². The molecule has 2 atom stereocenters. The van der Waals surface area contributed by atoms with E-state index in [0.717, 1.165) is 12.8 Å². The van der Waals surface area contributed by atoms with Crippen molar-refractivity contribution in [1.82, 2.24) is 0 Å². The molecule has 2 rings (SSSR count). The molecular weight excluding hydrogens is 202 g/mol. The number of rotatable bonds is 2. The monoisotopic (exact) mass is 220 g/mol. The summed E-state index contributed by atoms with van der Waals surface area (Å²) in [5, 5.41) is 0. The zero-order valence-electron chi connectivity index (χ0n) is 9.07. The second kappa shape index (κ2) is 2.79. The number of halogens is 2. The van der Waals surface area contributed by atoms with Crippen LogP contribution in [-0.2, 0) is 4.43 Å². The fourth-order valence-electron chi connectivity index (χ4n) is 2.73. The lowest BCUT2D eigenvalue weighted by Crippen LogP contribution is -2.38. The highest BCUT2D eigenvalue weighted by Crippen LogP contribution is 2.68.